The highest BCUT2D eigenvalue weighted by Crippen LogP contribution is 2.24. The van der Waals surface area contributed by atoms with Crippen LogP contribution in [0.5, 0.6) is 0 Å². The highest BCUT2D eigenvalue weighted by atomic mass is 19.1. The van der Waals surface area contributed by atoms with Gasteiger partial charge >= 0.3 is 5.97 Å². The molecule has 26 heavy (non-hydrogen) atoms. The molecule has 0 radical (unpaired) electrons. The number of benzene rings is 1. The normalized spacial score (nSPS) is 13.2. The average Bonchev–Trinajstić information content (AvgIpc) is 3.05. The van der Waals surface area contributed by atoms with Crippen LogP contribution in [-0.4, -0.2) is 28.0 Å². The summed E-state index contributed by atoms with van der Waals surface area (Å²) >= 11 is 0. The quantitative estimate of drug-likeness (QED) is 0.749. The maximum Gasteiger partial charge on any atom is 0.326 e. The summed E-state index contributed by atoms with van der Waals surface area (Å²) in [5.74, 6) is -2.87. The summed E-state index contributed by atoms with van der Waals surface area (Å²) < 4.78 is 32.1. The molecule has 0 saturated carbocycles. The van der Waals surface area contributed by atoms with Crippen molar-refractivity contribution in [3.05, 3.63) is 41.9 Å². The van der Waals surface area contributed by atoms with E-state index in [0.717, 1.165) is 12.1 Å². The summed E-state index contributed by atoms with van der Waals surface area (Å²) in [5, 5.41) is 11.7. The second-order valence-electron chi connectivity index (χ2n) is 6.01. The number of halogens is 2. The molecule has 0 fully saturated rings. The topological polar surface area (TPSA) is 92.4 Å². The first-order valence-corrected chi connectivity index (χ1v) is 8.24. The minimum absolute atomic E-state index is 0.0218. The number of amides is 1. The van der Waals surface area contributed by atoms with Gasteiger partial charge in [0.25, 0.3) is 0 Å². The van der Waals surface area contributed by atoms with E-state index in [-0.39, 0.29) is 36.0 Å². The molecule has 0 aliphatic rings. The molecule has 1 heterocycles. The Morgan fingerprint density at radius 2 is 2.08 bits per heavy atom. The molecule has 1 aromatic carbocycles. The van der Waals surface area contributed by atoms with Gasteiger partial charge < -0.3 is 14.8 Å². The number of carboxylic acid groups (broad SMARTS) is 1. The number of nitrogens with zero attached hydrogens (tertiary/aromatic N) is 1. The number of carboxylic acids is 1. The van der Waals surface area contributed by atoms with Crippen LogP contribution in [0.2, 0.25) is 0 Å². The first kappa shape index (κ1) is 19.6. The minimum Gasteiger partial charge on any atom is -0.480 e. The van der Waals surface area contributed by atoms with Crippen LogP contribution in [0.25, 0.3) is 11.3 Å². The zero-order valence-electron chi connectivity index (χ0n) is 14.5. The van der Waals surface area contributed by atoms with Crippen LogP contribution in [0.1, 0.15) is 32.6 Å². The second-order valence-corrected chi connectivity index (χ2v) is 6.01. The Balaban J connectivity index is 1.97. The Bertz CT molecular complexity index is 791. The van der Waals surface area contributed by atoms with E-state index < -0.39 is 29.6 Å². The second kappa shape index (κ2) is 8.55. The number of aromatic nitrogens is 1. The molecule has 0 bridgehead atoms. The fraction of sp³-hybridized carbons (Fsp3) is 0.389. The summed E-state index contributed by atoms with van der Waals surface area (Å²) in [6, 6.07) is 2.13. The number of oxazole rings is 1. The van der Waals surface area contributed by atoms with Gasteiger partial charge in [-0.25, -0.2) is 18.6 Å². The molecule has 1 amide bonds. The van der Waals surface area contributed by atoms with E-state index in [0.29, 0.717) is 6.42 Å². The molecule has 0 spiro atoms. The summed E-state index contributed by atoms with van der Waals surface area (Å²) in [4.78, 5) is 27.2. The number of carbonyl (C=O) groups excluding carboxylic acids is 1. The minimum atomic E-state index is -1.09. The molecule has 0 unspecified atom stereocenters. The van der Waals surface area contributed by atoms with Crippen LogP contribution in [0.15, 0.2) is 28.8 Å². The van der Waals surface area contributed by atoms with Crippen molar-refractivity contribution in [3.63, 3.8) is 0 Å². The number of carbonyl (C=O) groups is 2. The molecule has 1 aromatic heterocycles. The molecule has 6 nitrogen and oxygen atoms in total. The molecule has 8 heteroatoms. The van der Waals surface area contributed by atoms with Gasteiger partial charge in [0.2, 0.25) is 5.91 Å². The average molecular weight is 366 g/mol. The highest BCUT2D eigenvalue weighted by Gasteiger charge is 2.25. The van der Waals surface area contributed by atoms with Crippen LogP contribution >= 0.6 is 0 Å². The summed E-state index contributed by atoms with van der Waals surface area (Å²) in [6.07, 6.45) is 2.01. The van der Waals surface area contributed by atoms with Gasteiger partial charge in [-0.1, -0.05) is 20.3 Å². The summed E-state index contributed by atoms with van der Waals surface area (Å²) in [5.41, 5.74) is 0.0670. The Hall–Kier alpha value is -2.77. The number of rotatable bonds is 8. The van der Waals surface area contributed by atoms with E-state index in [1.54, 1.807) is 6.92 Å². The lowest BCUT2D eigenvalue weighted by Crippen LogP contribution is -2.45. The van der Waals surface area contributed by atoms with E-state index in [1.165, 1.54) is 12.3 Å². The fourth-order valence-corrected chi connectivity index (χ4v) is 2.39. The van der Waals surface area contributed by atoms with Gasteiger partial charge in [0.05, 0.1) is 11.8 Å². The number of aliphatic carboxylic acids is 1. The first-order valence-electron chi connectivity index (χ1n) is 8.24. The van der Waals surface area contributed by atoms with Crippen LogP contribution in [0.4, 0.5) is 8.78 Å². The molecule has 0 aliphatic carbocycles. The van der Waals surface area contributed by atoms with E-state index in [1.807, 2.05) is 6.92 Å². The molecule has 140 valence electrons. The molecule has 0 saturated heterocycles. The third-order valence-electron chi connectivity index (χ3n) is 4.11. The van der Waals surface area contributed by atoms with E-state index in [9.17, 15) is 23.5 Å². The molecular formula is C18H20F2N2O4. The summed E-state index contributed by atoms with van der Waals surface area (Å²) in [6.45, 7) is 3.59. The Kier molecular flexibility index (Phi) is 6.43. The number of hydrogen-bond acceptors (Lipinski definition) is 4. The zero-order chi connectivity index (χ0) is 19.3. The van der Waals surface area contributed by atoms with Crippen molar-refractivity contribution in [1.29, 1.82) is 0 Å². The zero-order valence-corrected chi connectivity index (χ0v) is 14.5. The Labute approximate surface area is 149 Å². The van der Waals surface area contributed by atoms with Crippen LogP contribution in [-0.2, 0) is 16.0 Å². The highest BCUT2D eigenvalue weighted by molar-refractivity contribution is 5.83. The lowest BCUT2D eigenvalue weighted by atomic mass is 9.99. The molecule has 2 aromatic rings. The Morgan fingerprint density at radius 3 is 2.69 bits per heavy atom. The van der Waals surface area contributed by atoms with E-state index >= 15 is 0 Å². The van der Waals surface area contributed by atoms with Crippen LogP contribution < -0.4 is 5.32 Å². The van der Waals surface area contributed by atoms with Crippen molar-refractivity contribution >= 4 is 11.9 Å². The maximum atomic E-state index is 13.7. The number of nitrogens with one attached hydrogen (secondary N) is 1. The molecule has 2 atom stereocenters. The van der Waals surface area contributed by atoms with Gasteiger partial charge in [0, 0.05) is 18.9 Å². The van der Waals surface area contributed by atoms with Crippen molar-refractivity contribution in [2.24, 2.45) is 5.92 Å². The maximum absolute atomic E-state index is 13.7. The van der Waals surface area contributed by atoms with Crippen molar-refractivity contribution in [1.82, 2.24) is 10.3 Å². The Morgan fingerprint density at radius 1 is 1.35 bits per heavy atom. The molecular weight excluding hydrogens is 346 g/mol. The van der Waals surface area contributed by atoms with Crippen LogP contribution in [0, 0.1) is 17.6 Å². The summed E-state index contributed by atoms with van der Waals surface area (Å²) in [7, 11) is 0. The molecule has 2 rings (SSSR count). The third-order valence-corrected chi connectivity index (χ3v) is 4.11. The monoisotopic (exact) mass is 366 g/mol. The van der Waals surface area contributed by atoms with Gasteiger partial charge in [-0.2, -0.15) is 0 Å². The van der Waals surface area contributed by atoms with Crippen molar-refractivity contribution in [3.8, 4) is 11.3 Å². The van der Waals surface area contributed by atoms with Crippen molar-refractivity contribution in [2.45, 2.75) is 39.2 Å². The van der Waals surface area contributed by atoms with E-state index in [2.05, 4.69) is 10.3 Å². The van der Waals surface area contributed by atoms with Crippen molar-refractivity contribution < 1.29 is 27.9 Å². The van der Waals surface area contributed by atoms with Gasteiger partial charge in [-0.15, -0.1) is 0 Å². The van der Waals surface area contributed by atoms with Gasteiger partial charge in [0.15, 0.2) is 11.7 Å². The largest absolute Gasteiger partial charge is 0.480 e. The molecule has 0 aliphatic heterocycles. The van der Waals surface area contributed by atoms with E-state index in [4.69, 9.17) is 4.42 Å². The number of hydrogen-bond donors (Lipinski definition) is 2. The predicted octanol–water partition coefficient (Wildman–Crippen LogP) is 3.17. The molecule has 2 N–H and O–H groups in total. The standard InChI is InChI=1S/C18H20F2N2O4/c1-3-10(2)17(18(24)25)22-15(23)6-7-16-21-9-14(26-16)12-5-4-11(19)8-13(12)20/h4-5,8-10,17H,3,6-7H2,1-2H3,(H,22,23)(H,24,25)/t10-,17-/m0/s1. The van der Waals surface area contributed by atoms with Crippen molar-refractivity contribution in [2.75, 3.05) is 0 Å². The lowest BCUT2D eigenvalue weighted by Gasteiger charge is -2.19. The predicted molar refractivity (Wildman–Crippen MR) is 89.2 cm³/mol. The van der Waals surface area contributed by atoms with Gasteiger partial charge in [-0.05, 0) is 18.1 Å². The lowest BCUT2D eigenvalue weighted by molar-refractivity contribution is -0.143. The number of aryl methyl sites for hydroxylation is 1. The smallest absolute Gasteiger partial charge is 0.326 e. The fourth-order valence-electron chi connectivity index (χ4n) is 2.39. The van der Waals surface area contributed by atoms with Gasteiger partial charge in [-0.3, -0.25) is 4.79 Å². The SMILES string of the molecule is CC[C@H](C)[C@H](NC(=O)CCc1ncc(-c2ccc(F)cc2F)o1)C(=O)O. The van der Waals surface area contributed by atoms with Crippen LogP contribution in [0.3, 0.4) is 0 Å². The first-order chi connectivity index (χ1) is 12.3. The third kappa shape index (κ3) is 4.87. The van der Waals surface area contributed by atoms with Gasteiger partial charge in [0.1, 0.15) is 17.7 Å².